The van der Waals surface area contributed by atoms with Gasteiger partial charge in [-0.3, -0.25) is 0 Å². The molecule has 1 N–H and O–H groups in total. The Kier molecular flexibility index (Phi) is 14.5. The number of nitrogens with one attached hydrogen (secondary N) is 1. The Bertz CT molecular complexity index is 220. The van der Waals surface area contributed by atoms with Gasteiger partial charge in [-0.15, -0.1) is 0 Å². The molecule has 0 heterocycles. The SMILES string of the molecule is CCCCCCCCCCCCCNC(C)CC[N+](C)(C)C. The number of unbranched alkanes of at least 4 members (excludes halogenated alkanes) is 10. The van der Waals surface area contributed by atoms with Gasteiger partial charge in [-0.1, -0.05) is 71.1 Å². The molecule has 0 rings (SSSR count). The van der Waals surface area contributed by atoms with Crippen molar-refractivity contribution in [2.24, 2.45) is 0 Å². The third kappa shape index (κ3) is 18.0. The molecule has 22 heavy (non-hydrogen) atoms. The molecule has 0 aromatic heterocycles. The van der Waals surface area contributed by atoms with Crippen molar-refractivity contribution >= 4 is 0 Å². The van der Waals surface area contributed by atoms with Crippen molar-refractivity contribution in [3.8, 4) is 0 Å². The van der Waals surface area contributed by atoms with Crippen LogP contribution in [-0.2, 0) is 0 Å². The van der Waals surface area contributed by atoms with E-state index in [1.807, 2.05) is 0 Å². The summed E-state index contributed by atoms with van der Waals surface area (Å²) in [6, 6.07) is 0.667. The molecular formula is C20H45N2+. The predicted molar refractivity (Wildman–Crippen MR) is 101 cm³/mol. The zero-order chi connectivity index (χ0) is 16.7. The van der Waals surface area contributed by atoms with Gasteiger partial charge in [0.1, 0.15) is 0 Å². The molecule has 0 aromatic carbocycles. The fraction of sp³-hybridized carbons (Fsp3) is 1.00. The van der Waals surface area contributed by atoms with Crippen LogP contribution < -0.4 is 5.32 Å². The van der Waals surface area contributed by atoms with Gasteiger partial charge in [0.15, 0.2) is 0 Å². The van der Waals surface area contributed by atoms with E-state index in [2.05, 4.69) is 40.3 Å². The van der Waals surface area contributed by atoms with Gasteiger partial charge in [0.05, 0.1) is 27.7 Å². The largest absolute Gasteiger partial charge is 0.331 e. The molecule has 2 nitrogen and oxygen atoms in total. The number of rotatable bonds is 16. The van der Waals surface area contributed by atoms with Gasteiger partial charge in [0, 0.05) is 12.5 Å². The lowest BCUT2D eigenvalue weighted by Crippen LogP contribution is -2.39. The second-order valence-electron chi connectivity index (χ2n) is 8.19. The molecule has 0 spiro atoms. The van der Waals surface area contributed by atoms with Gasteiger partial charge in [0.25, 0.3) is 0 Å². The van der Waals surface area contributed by atoms with E-state index in [0.717, 1.165) is 4.48 Å². The van der Waals surface area contributed by atoms with E-state index in [0.29, 0.717) is 6.04 Å². The molecule has 0 saturated carbocycles. The minimum atomic E-state index is 0.667. The molecule has 1 unspecified atom stereocenters. The molecular weight excluding hydrogens is 268 g/mol. The number of nitrogens with zero attached hydrogens (tertiary/aromatic N) is 1. The van der Waals surface area contributed by atoms with Gasteiger partial charge in [-0.25, -0.2) is 0 Å². The Labute approximate surface area is 141 Å². The van der Waals surface area contributed by atoms with E-state index in [9.17, 15) is 0 Å². The third-order valence-electron chi connectivity index (χ3n) is 4.51. The summed E-state index contributed by atoms with van der Waals surface area (Å²) in [5.74, 6) is 0. The standard InChI is InChI=1S/C20H45N2/c1-6-7-8-9-10-11-12-13-14-15-16-18-21-20(2)17-19-22(3,4)5/h20-21H,6-19H2,1-5H3/q+1. The summed E-state index contributed by atoms with van der Waals surface area (Å²) in [6.45, 7) is 7.08. The minimum absolute atomic E-state index is 0.667. The first-order chi connectivity index (χ1) is 10.5. The monoisotopic (exact) mass is 313 g/mol. The van der Waals surface area contributed by atoms with Crippen molar-refractivity contribution in [2.45, 2.75) is 96.9 Å². The Morgan fingerprint density at radius 2 is 1.18 bits per heavy atom. The smallest absolute Gasteiger partial charge is 0.0795 e. The number of hydrogen-bond acceptors (Lipinski definition) is 1. The topological polar surface area (TPSA) is 12.0 Å². The summed E-state index contributed by atoms with van der Waals surface area (Å²) < 4.78 is 1.07. The van der Waals surface area contributed by atoms with Gasteiger partial charge >= 0.3 is 0 Å². The van der Waals surface area contributed by atoms with Crippen LogP contribution in [0.1, 0.15) is 90.9 Å². The Morgan fingerprint density at radius 3 is 1.64 bits per heavy atom. The van der Waals surface area contributed by atoms with Crippen molar-refractivity contribution in [3.63, 3.8) is 0 Å². The van der Waals surface area contributed by atoms with Gasteiger partial charge in [-0.2, -0.15) is 0 Å². The maximum Gasteiger partial charge on any atom is 0.0795 e. The third-order valence-corrected chi connectivity index (χ3v) is 4.51. The molecule has 0 fully saturated rings. The highest BCUT2D eigenvalue weighted by atomic mass is 15.3. The van der Waals surface area contributed by atoms with E-state index in [4.69, 9.17) is 0 Å². The maximum atomic E-state index is 3.68. The average Bonchev–Trinajstić information content (AvgIpc) is 2.45. The number of hydrogen-bond donors (Lipinski definition) is 1. The maximum absolute atomic E-state index is 3.68. The van der Waals surface area contributed by atoms with Crippen molar-refractivity contribution in [2.75, 3.05) is 34.2 Å². The van der Waals surface area contributed by atoms with Gasteiger partial charge in [-0.05, 0) is 19.9 Å². The van der Waals surface area contributed by atoms with E-state index in [-0.39, 0.29) is 0 Å². The zero-order valence-corrected chi connectivity index (χ0v) is 16.4. The van der Waals surface area contributed by atoms with Crippen molar-refractivity contribution in [1.82, 2.24) is 5.32 Å². The highest BCUT2D eigenvalue weighted by Crippen LogP contribution is 2.11. The minimum Gasteiger partial charge on any atom is -0.331 e. The molecule has 0 aliphatic heterocycles. The first kappa shape index (κ1) is 21.9. The Morgan fingerprint density at radius 1 is 0.727 bits per heavy atom. The zero-order valence-electron chi connectivity index (χ0n) is 16.4. The molecule has 0 bridgehead atoms. The van der Waals surface area contributed by atoms with Crippen molar-refractivity contribution in [1.29, 1.82) is 0 Å². The lowest BCUT2D eigenvalue weighted by Gasteiger charge is -2.25. The molecule has 0 amide bonds. The van der Waals surface area contributed by atoms with E-state index >= 15 is 0 Å². The summed E-state index contributed by atoms with van der Waals surface area (Å²) in [6.07, 6.45) is 17.0. The highest BCUT2D eigenvalue weighted by molar-refractivity contribution is 4.60. The normalized spacial score (nSPS) is 13.5. The second-order valence-corrected chi connectivity index (χ2v) is 8.19. The van der Waals surface area contributed by atoms with Crippen LogP contribution in [0.5, 0.6) is 0 Å². The van der Waals surface area contributed by atoms with E-state index in [1.54, 1.807) is 0 Å². The van der Waals surface area contributed by atoms with Crippen molar-refractivity contribution < 1.29 is 4.48 Å². The van der Waals surface area contributed by atoms with E-state index in [1.165, 1.54) is 90.1 Å². The first-order valence-electron chi connectivity index (χ1n) is 9.99. The molecule has 0 radical (unpaired) electrons. The van der Waals surface area contributed by atoms with Crippen LogP contribution in [0.2, 0.25) is 0 Å². The average molecular weight is 314 g/mol. The molecule has 0 aliphatic carbocycles. The Balaban J connectivity index is 3.17. The molecule has 134 valence electrons. The summed E-state index contributed by atoms with van der Waals surface area (Å²) in [5.41, 5.74) is 0. The Hall–Kier alpha value is -0.0800. The quantitative estimate of drug-likeness (QED) is 0.298. The lowest BCUT2D eigenvalue weighted by molar-refractivity contribution is -0.870. The van der Waals surface area contributed by atoms with Crippen LogP contribution in [-0.4, -0.2) is 44.8 Å². The van der Waals surface area contributed by atoms with Crippen LogP contribution >= 0.6 is 0 Å². The van der Waals surface area contributed by atoms with E-state index < -0.39 is 0 Å². The predicted octanol–water partition coefficient (Wildman–Crippen LogP) is 5.37. The van der Waals surface area contributed by atoms with Crippen molar-refractivity contribution in [3.05, 3.63) is 0 Å². The van der Waals surface area contributed by atoms with Crippen LogP contribution in [0, 0.1) is 0 Å². The summed E-state index contributed by atoms with van der Waals surface area (Å²) in [4.78, 5) is 0. The fourth-order valence-electron chi connectivity index (χ4n) is 2.82. The van der Waals surface area contributed by atoms with Crippen LogP contribution in [0.25, 0.3) is 0 Å². The molecule has 0 aliphatic rings. The van der Waals surface area contributed by atoms with Crippen LogP contribution in [0.15, 0.2) is 0 Å². The van der Waals surface area contributed by atoms with Gasteiger partial charge in [0.2, 0.25) is 0 Å². The number of quaternary nitrogens is 1. The summed E-state index contributed by atoms with van der Waals surface area (Å²) in [7, 11) is 6.82. The first-order valence-corrected chi connectivity index (χ1v) is 9.99. The highest BCUT2D eigenvalue weighted by Gasteiger charge is 2.09. The molecule has 0 aromatic rings. The molecule has 1 atom stereocenters. The van der Waals surface area contributed by atoms with Gasteiger partial charge < -0.3 is 9.80 Å². The van der Waals surface area contributed by atoms with Crippen LogP contribution in [0.3, 0.4) is 0 Å². The fourth-order valence-corrected chi connectivity index (χ4v) is 2.82. The molecule has 2 heteroatoms. The summed E-state index contributed by atoms with van der Waals surface area (Å²) >= 11 is 0. The van der Waals surface area contributed by atoms with Crippen LogP contribution in [0.4, 0.5) is 0 Å². The lowest BCUT2D eigenvalue weighted by atomic mass is 10.1. The molecule has 0 saturated heterocycles. The second kappa shape index (κ2) is 14.5. The summed E-state index contributed by atoms with van der Waals surface area (Å²) in [5, 5.41) is 3.68.